The summed E-state index contributed by atoms with van der Waals surface area (Å²) in [5, 5.41) is 5.05. The molecule has 2 amide bonds. The zero-order chi connectivity index (χ0) is 11.4. The van der Waals surface area contributed by atoms with E-state index in [2.05, 4.69) is 10.6 Å². The molecule has 2 rings (SSSR count). The molecule has 1 saturated heterocycles. The largest absolute Gasteiger partial charge is 0.358 e. The molecule has 16 heavy (non-hydrogen) atoms. The molecule has 4 nitrogen and oxygen atoms in total. The van der Waals surface area contributed by atoms with Crippen LogP contribution in [0.4, 0.5) is 14.9 Å². The summed E-state index contributed by atoms with van der Waals surface area (Å²) in [6.45, 7) is 0.657. The van der Waals surface area contributed by atoms with Crippen molar-refractivity contribution in [1.82, 2.24) is 5.32 Å². The Hall–Kier alpha value is -1.62. The van der Waals surface area contributed by atoms with Crippen molar-refractivity contribution in [3.63, 3.8) is 0 Å². The SMILES string of the molecule is O=C(Nc1ccccc1F)NC1CCCO1. The number of amides is 2. The van der Waals surface area contributed by atoms with E-state index in [1.54, 1.807) is 12.1 Å². The number of rotatable bonds is 2. The lowest BCUT2D eigenvalue weighted by atomic mass is 10.3. The average Bonchev–Trinajstić information content (AvgIpc) is 2.74. The van der Waals surface area contributed by atoms with E-state index < -0.39 is 11.8 Å². The Balaban J connectivity index is 1.89. The Morgan fingerprint density at radius 1 is 1.44 bits per heavy atom. The number of nitrogens with one attached hydrogen (secondary N) is 2. The first-order valence-electron chi connectivity index (χ1n) is 5.19. The minimum atomic E-state index is -0.454. The third-order valence-corrected chi connectivity index (χ3v) is 2.34. The first-order chi connectivity index (χ1) is 7.75. The van der Waals surface area contributed by atoms with E-state index in [0.29, 0.717) is 6.61 Å². The van der Waals surface area contributed by atoms with Gasteiger partial charge in [0.15, 0.2) is 0 Å². The van der Waals surface area contributed by atoms with Gasteiger partial charge in [0.05, 0.1) is 5.69 Å². The number of carbonyl (C=O) groups is 1. The highest BCUT2D eigenvalue weighted by Gasteiger charge is 2.17. The first kappa shape index (κ1) is 10.9. The van der Waals surface area contributed by atoms with Crippen molar-refractivity contribution in [3.05, 3.63) is 30.1 Å². The molecule has 0 aromatic heterocycles. The molecule has 86 valence electrons. The smallest absolute Gasteiger partial charge is 0.321 e. The van der Waals surface area contributed by atoms with Gasteiger partial charge < -0.3 is 15.4 Å². The van der Waals surface area contributed by atoms with Gasteiger partial charge in [0.25, 0.3) is 0 Å². The number of anilines is 1. The fraction of sp³-hybridized carbons (Fsp3) is 0.364. The standard InChI is InChI=1S/C11H13FN2O2/c12-8-4-1-2-5-9(8)13-11(15)14-10-6-3-7-16-10/h1-2,4-5,10H,3,6-7H2,(H2,13,14,15). The molecule has 1 atom stereocenters. The van der Waals surface area contributed by atoms with E-state index in [-0.39, 0.29) is 11.9 Å². The predicted molar refractivity (Wildman–Crippen MR) is 57.5 cm³/mol. The lowest BCUT2D eigenvalue weighted by molar-refractivity contribution is 0.0928. The van der Waals surface area contributed by atoms with E-state index >= 15 is 0 Å². The predicted octanol–water partition coefficient (Wildman–Crippen LogP) is 2.08. The van der Waals surface area contributed by atoms with Gasteiger partial charge in [-0.1, -0.05) is 12.1 Å². The van der Waals surface area contributed by atoms with Gasteiger partial charge in [-0.3, -0.25) is 0 Å². The van der Waals surface area contributed by atoms with E-state index in [4.69, 9.17) is 4.74 Å². The summed E-state index contributed by atoms with van der Waals surface area (Å²) in [6, 6.07) is 5.58. The topological polar surface area (TPSA) is 50.4 Å². The summed E-state index contributed by atoms with van der Waals surface area (Å²) in [6.07, 6.45) is 1.47. The fourth-order valence-corrected chi connectivity index (χ4v) is 1.56. The average molecular weight is 224 g/mol. The third kappa shape index (κ3) is 2.70. The Morgan fingerprint density at radius 3 is 2.94 bits per heavy atom. The molecule has 1 unspecified atom stereocenters. The van der Waals surface area contributed by atoms with Crippen LogP contribution >= 0.6 is 0 Å². The number of hydrogen-bond donors (Lipinski definition) is 2. The van der Waals surface area contributed by atoms with E-state index in [1.165, 1.54) is 12.1 Å². The van der Waals surface area contributed by atoms with Gasteiger partial charge in [-0.2, -0.15) is 0 Å². The number of para-hydroxylation sites is 1. The van der Waals surface area contributed by atoms with Crippen LogP contribution in [-0.4, -0.2) is 18.9 Å². The molecule has 5 heteroatoms. The minimum Gasteiger partial charge on any atom is -0.358 e. The van der Waals surface area contributed by atoms with Gasteiger partial charge in [-0.15, -0.1) is 0 Å². The maximum Gasteiger partial charge on any atom is 0.321 e. The molecule has 0 saturated carbocycles. The normalized spacial score (nSPS) is 19.4. The van der Waals surface area contributed by atoms with E-state index in [0.717, 1.165) is 12.8 Å². The summed E-state index contributed by atoms with van der Waals surface area (Å²) < 4.78 is 18.4. The molecule has 1 heterocycles. The molecular weight excluding hydrogens is 211 g/mol. The van der Waals surface area contributed by atoms with Gasteiger partial charge in [-0.25, -0.2) is 9.18 Å². The van der Waals surface area contributed by atoms with E-state index in [1.807, 2.05) is 0 Å². The van der Waals surface area contributed by atoms with Crippen LogP contribution in [0.25, 0.3) is 0 Å². The van der Waals surface area contributed by atoms with Crippen LogP contribution < -0.4 is 10.6 Å². The number of carbonyl (C=O) groups excluding carboxylic acids is 1. The summed E-state index contributed by atoms with van der Waals surface area (Å²) in [5.41, 5.74) is 0.165. The molecule has 1 fully saturated rings. The second-order valence-electron chi connectivity index (χ2n) is 3.58. The van der Waals surface area contributed by atoms with Gasteiger partial charge in [0.1, 0.15) is 12.0 Å². The number of benzene rings is 1. The highest BCUT2D eigenvalue weighted by Crippen LogP contribution is 2.13. The summed E-state index contributed by atoms with van der Waals surface area (Å²) >= 11 is 0. The van der Waals surface area contributed by atoms with Crippen LogP contribution in [0.1, 0.15) is 12.8 Å². The van der Waals surface area contributed by atoms with Crippen molar-refractivity contribution in [3.8, 4) is 0 Å². The number of halogens is 1. The maximum absolute atomic E-state index is 13.2. The molecular formula is C11H13FN2O2. The fourth-order valence-electron chi connectivity index (χ4n) is 1.56. The Morgan fingerprint density at radius 2 is 2.25 bits per heavy atom. The van der Waals surface area contributed by atoms with Gasteiger partial charge >= 0.3 is 6.03 Å². The molecule has 0 spiro atoms. The molecule has 1 aromatic carbocycles. The van der Waals surface area contributed by atoms with Crippen molar-refractivity contribution in [2.24, 2.45) is 0 Å². The molecule has 0 radical (unpaired) electrons. The van der Waals surface area contributed by atoms with Crippen molar-refractivity contribution in [2.45, 2.75) is 19.1 Å². The zero-order valence-corrected chi connectivity index (χ0v) is 8.70. The summed E-state index contributed by atoms with van der Waals surface area (Å²) in [7, 11) is 0. The molecule has 2 N–H and O–H groups in total. The number of ether oxygens (including phenoxy) is 1. The molecule has 1 aliphatic rings. The zero-order valence-electron chi connectivity index (χ0n) is 8.70. The second-order valence-corrected chi connectivity index (χ2v) is 3.58. The lowest BCUT2D eigenvalue weighted by Crippen LogP contribution is -2.37. The second kappa shape index (κ2) is 4.94. The Labute approximate surface area is 92.8 Å². The van der Waals surface area contributed by atoms with Crippen molar-refractivity contribution >= 4 is 11.7 Å². The maximum atomic E-state index is 13.2. The van der Waals surface area contributed by atoms with Crippen LogP contribution in [0.2, 0.25) is 0 Å². The van der Waals surface area contributed by atoms with Crippen LogP contribution in [0, 0.1) is 5.82 Å². The molecule has 1 aliphatic heterocycles. The van der Waals surface area contributed by atoms with Crippen molar-refractivity contribution in [2.75, 3.05) is 11.9 Å². The van der Waals surface area contributed by atoms with Crippen molar-refractivity contribution < 1.29 is 13.9 Å². The van der Waals surface area contributed by atoms with Crippen LogP contribution in [0.5, 0.6) is 0 Å². The quantitative estimate of drug-likeness (QED) is 0.808. The monoisotopic (exact) mass is 224 g/mol. The molecule has 1 aromatic rings. The minimum absolute atomic E-state index is 0.165. The van der Waals surface area contributed by atoms with Gasteiger partial charge in [0, 0.05) is 6.61 Å². The van der Waals surface area contributed by atoms with Crippen LogP contribution in [0.15, 0.2) is 24.3 Å². The van der Waals surface area contributed by atoms with Gasteiger partial charge in [0.2, 0.25) is 0 Å². The van der Waals surface area contributed by atoms with Gasteiger partial charge in [-0.05, 0) is 25.0 Å². The highest BCUT2D eigenvalue weighted by molar-refractivity contribution is 5.89. The van der Waals surface area contributed by atoms with Crippen molar-refractivity contribution in [1.29, 1.82) is 0 Å². The lowest BCUT2D eigenvalue weighted by Gasteiger charge is -2.12. The summed E-state index contributed by atoms with van der Waals surface area (Å²) in [5.74, 6) is -0.454. The van der Waals surface area contributed by atoms with Crippen LogP contribution in [-0.2, 0) is 4.74 Å². The highest BCUT2D eigenvalue weighted by atomic mass is 19.1. The summed E-state index contributed by atoms with van der Waals surface area (Å²) in [4.78, 5) is 11.5. The molecule has 0 bridgehead atoms. The number of hydrogen-bond acceptors (Lipinski definition) is 2. The Kier molecular flexibility index (Phi) is 3.36. The first-order valence-corrected chi connectivity index (χ1v) is 5.19. The van der Waals surface area contributed by atoms with E-state index in [9.17, 15) is 9.18 Å². The Bertz CT molecular complexity index is 378. The third-order valence-electron chi connectivity index (χ3n) is 2.34. The molecule has 0 aliphatic carbocycles. The van der Waals surface area contributed by atoms with Crippen LogP contribution in [0.3, 0.4) is 0 Å². The number of urea groups is 1.